The Kier molecular flexibility index (Phi) is 4.99. The number of ether oxygens (including phenoxy) is 1. The maximum Gasteiger partial charge on any atom is 0.129 e. The Balaban J connectivity index is 1.43. The minimum absolute atomic E-state index is 0.0888. The van der Waals surface area contributed by atoms with Crippen molar-refractivity contribution in [1.29, 1.82) is 0 Å². The van der Waals surface area contributed by atoms with Crippen LogP contribution >= 0.6 is 0 Å². The molecular weight excluding hydrogens is 366 g/mol. The van der Waals surface area contributed by atoms with E-state index in [0.717, 1.165) is 36.0 Å². The number of aromatic nitrogens is 2. The molecule has 3 heterocycles. The van der Waals surface area contributed by atoms with Crippen LogP contribution in [0, 0.1) is 11.6 Å². The Bertz CT molecular complexity index is 864. The number of nitrogens with zero attached hydrogens (tertiary/aromatic N) is 3. The second-order valence-electron chi connectivity index (χ2n) is 8.46. The summed E-state index contributed by atoms with van der Waals surface area (Å²) in [6.45, 7) is 5.78. The van der Waals surface area contributed by atoms with Gasteiger partial charge in [0, 0.05) is 36.3 Å². The second-order valence-corrected chi connectivity index (χ2v) is 8.46. The predicted molar refractivity (Wildman–Crippen MR) is 99.2 cm³/mol. The van der Waals surface area contributed by atoms with Gasteiger partial charge in [0.1, 0.15) is 17.7 Å². The van der Waals surface area contributed by atoms with Crippen molar-refractivity contribution in [3.8, 4) is 0 Å². The number of halogens is 2. The zero-order chi connectivity index (χ0) is 20.1. The van der Waals surface area contributed by atoms with Crippen molar-refractivity contribution in [2.24, 2.45) is 5.73 Å². The van der Waals surface area contributed by atoms with Crippen molar-refractivity contribution in [1.82, 2.24) is 14.7 Å². The summed E-state index contributed by atoms with van der Waals surface area (Å²) < 4.78 is 35.4. The van der Waals surface area contributed by atoms with Crippen molar-refractivity contribution in [3.05, 3.63) is 52.9 Å². The van der Waals surface area contributed by atoms with Crippen LogP contribution in [0.15, 0.2) is 24.4 Å². The quantitative estimate of drug-likeness (QED) is 0.834. The van der Waals surface area contributed by atoms with Crippen LogP contribution in [0.4, 0.5) is 8.78 Å². The first kappa shape index (κ1) is 19.4. The SMILES string of the molecule is CC(C)(O)Cn1ncc2c1CN([C@H]1CO[C@H](c3cc(F)ccc3F)C(N)C1)C2. The molecule has 0 spiro atoms. The third kappa shape index (κ3) is 3.82. The largest absolute Gasteiger partial charge is 0.389 e. The van der Waals surface area contributed by atoms with Gasteiger partial charge in [0.05, 0.1) is 30.6 Å². The van der Waals surface area contributed by atoms with Crippen molar-refractivity contribution >= 4 is 0 Å². The molecule has 0 aliphatic carbocycles. The molecule has 1 saturated heterocycles. The maximum absolute atomic E-state index is 14.1. The minimum Gasteiger partial charge on any atom is -0.389 e. The molecule has 0 saturated carbocycles. The molecule has 3 N–H and O–H groups in total. The summed E-state index contributed by atoms with van der Waals surface area (Å²) >= 11 is 0. The van der Waals surface area contributed by atoms with Crippen LogP contribution in [0.5, 0.6) is 0 Å². The summed E-state index contributed by atoms with van der Waals surface area (Å²) in [5.41, 5.74) is 7.85. The molecule has 1 fully saturated rings. The molecule has 3 atom stereocenters. The minimum atomic E-state index is -0.842. The van der Waals surface area contributed by atoms with E-state index in [1.165, 1.54) is 0 Å². The number of nitrogens with two attached hydrogens (primary N) is 1. The summed E-state index contributed by atoms with van der Waals surface area (Å²) in [5, 5.41) is 14.5. The summed E-state index contributed by atoms with van der Waals surface area (Å²) in [6, 6.07) is 3.03. The van der Waals surface area contributed by atoms with Crippen molar-refractivity contribution in [2.75, 3.05) is 6.61 Å². The zero-order valence-corrected chi connectivity index (χ0v) is 16.1. The van der Waals surface area contributed by atoms with E-state index in [0.29, 0.717) is 26.1 Å². The summed E-state index contributed by atoms with van der Waals surface area (Å²) in [4.78, 5) is 2.27. The molecule has 152 valence electrons. The van der Waals surface area contributed by atoms with Gasteiger partial charge in [-0.05, 0) is 38.5 Å². The van der Waals surface area contributed by atoms with E-state index in [4.69, 9.17) is 10.5 Å². The van der Waals surface area contributed by atoms with Crippen LogP contribution in [0.25, 0.3) is 0 Å². The van der Waals surface area contributed by atoms with Gasteiger partial charge in [0.25, 0.3) is 0 Å². The summed E-state index contributed by atoms with van der Waals surface area (Å²) in [5.74, 6) is -0.999. The third-order valence-electron chi connectivity index (χ3n) is 5.48. The molecule has 2 aliphatic heterocycles. The van der Waals surface area contributed by atoms with Crippen LogP contribution in [0.2, 0.25) is 0 Å². The number of aliphatic hydroxyl groups is 1. The first-order valence-corrected chi connectivity index (χ1v) is 9.53. The Morgan fingerprint density at radius 2 is 2.11 bits per heavy atom. The number of hydrogen-bond acceptors (Lipinski definition) is 5. The molecule has 4 rings (SSSR count). The lowest BCUT2D eigenvalue weighted by Gasteiger charge is -2.38. The molecule has 0 radical (unpaired) electrons. The third-order valence-corrected chi connectivity index (χ3v) is 5.48. The van der Waals surface area contributed by atoms with Crippen LogP contribution in [-0.2, 0) is 24.4 Å². The fourth-order valence-electron chi connectivity index (χ4n) is 4.14. The normalized spacial score (nSPS) is 25.9. The van der Waals surface area contributed by atoms with E-state index in [2.05, 4.69) is 10.00 Å². The van der Waals surface area contributed by atoms with E-state index in [-0.39, 0.29) is 11.6 Å². The van der Waals surface area contributed by atoms with E-state index >= 15 is 0 Å². The first-order valence-electron chi connectivity index (χ1n) is 9.53. The number of rotatable bonds is 4. The lowest BCUT2D eigenvalue weighted by molar-refractivity contribution is -0.0536. The molecule has 1 aromatic heterocycles. The summed E-state index contributed by atoms with van der Waals surface area (Å²) in [6.07, 6.45) is 1.82. The molecule has 1 aromatic carbocycles. The Morgan fingerprint density at radius 1 is 1.32 bits per heavy atom. The second kappa shape index (κ2) is 7.18. The van der Waals surface area contributed by atoms with Gasteiger partial charge >= 0.3 is 0 Å². The number of benzene rings is 1. The highest BCUT2D eigenvalue weighted by molar-refractivity contribution is 5.25. The fourth-order valence-corrected chi connectivity index (χ4v) is 4.14. The van der Waals surface area contributed by atoms with Crippen molar-refractivity contribution in [3.63, 3.8) is 0 Å². The fraction of sp³-hybridized carbons (Fsp3) is 0.550. The Hall–Kier alpha value is -1.87. The lowest BCUT2D eigenvalue weighted by Crippen LogP contribution is -2.48. The molecule has 8 heteroatoms. The molecule has 28 heavy (non-hydrogen) atoms. The van der Waals surface area contributed by atoms with Gasteiger partial charge in [0.15, 0.2) is 0 Å². The van der Waals surface area contributed by atoms with Crippen molar-refractivity contribution in [2.45, 2.75) is 63.7 Å². The average molecular weight is 392 g/mol. The molecule has 2 aliphatic rings. The van der Waals surface area contributed by atoms with E-state index < -0.39 is 29.4 Å². The topological polar surface area (TPSA) is 76.5 Å². The van der Waals surface area contributed by atoms with Gasteiger partial charge in [-0.25, -0.2) is 8.78 Å². The summed E-state index contributed by atoms with van der Waals surface area (Å²) in [7, 11) is 0. The van der Waals surface area contributed by atoms with Crippen LogP contribution in [0.1, 0.15) is 43.2 Å². The van der Waals surface area contributed by atoms with Gasteiger partial charge in [-0.15, -0.1) is 0 Å². The first-order chi connectivity index (χ1) is 13.2. The van der Waals surface area contributed by atoms with Gasteiger partial charge in [-0.1, -0.05) is 0 Å². The van der Waals surface area contributed by atoms with Crippen molar-refractivity contribution < 1.29 is 18.6 Å². The molecular formula is C20H26F2N4O2. The van der Waals surface area contributed by atoms with E-state index in [1.54, 1.807) is 13.8 Å². The van der Waals surface area contributed by atoms with Crippen LogP contribution < -0.4 is 5.73 Å². The lowest BCUT2D eigenvalue weighted by atomic mass is 9.93. The van der Waals surface area contributed by atoms with Gasteiger partial charge in [-0.3, -0.25) is 9.58 Å². The van der Waals surface area contributed by atoms with E-state index in [1.807, 2.05) is 10.9 Å². The highest BCUT2D eigenvalue weighted by atomic mass is 19.1. The molecule has 0 amide bonds. The smallest absolute Gasteiger partial charge is 0.129 e. The maximum atomic E-state index is 14.1. The molecule has 0 bridgehead atoms. The molecule has 6 nitrogen and oxygen atoms in total. The van der Waals surface area contributed by atoms with Gasteiger partial charge in [-0.2, -0.15) is 5.10 Å². The van der Waals surface area contributed by atoms with E-state index in [9.17, 15) is 13.9 Å². The number of hydrogen-bond donors (Lipinski definition) is 2. The standard InChI is InChI=1S/C20H26F2N4O2/c1-20(2,27)11-26-18-9-25(8-12(18)7-24-26)14-6-17(23)19(28-10-14)15-5-13(21)3-4-16(15)22/h3-5,7,14,17,19,27H,6,8-11,23H2,1-2H3/t14-,17?,19-/m1/s1. The zero-order valence-electron chi connectivity index (χ0n) is 16.1. The Morgan fingerprint density at radius 3 is 2.82 bits per heavy atom. The van der Waals surface area contributed by atoms with Crippen LogP contribution in [0.3, 0.4) is 0 Å². The van der Waals surface area contributed by atoms with Gasteiger partial charge in [0.2, 0.25) is 0 Å². The monoisotopic (exact) mass is 392 g/mol. The predicted octanol–water partition coefficient (Wildman–Crippen LogP) is 2.11. The number of fused-ring (bicyclic) bond motifs is 1. The Labute approximate surface area is 162 Å². The molecule has 2 aromatic rings. The van der Waals surface area contributed by atoms with Gasteiger partial charge < -0.3 is 15.6 Å². The average Bonchev–Trinajstić information content (AvgIpc) is 3.18. The molecule has 1 unspecified atom stereocenters. The highest BCUT2D eigenvalue weighted by Gasteiger charge is 2.37. The highest BCUT2D eigenvalue weighted by Crippen LogP contribution is 2.34. The van der Waals surface area contributed by atoms with Crippen LogP contribution in [-0.4, -0.2) is 44.1 Å².